The first-order chi connectivity index (χ1) is 9.11. The van der Waals surface area contributed by atoms with Crippen molar-refractivity contribution in [3.63, 3.8) is 0 Å². The molecule has 0 saturated carbocycles. The van der Waals surface area contributed by atoms with Gasteiger partial charge in [0.25, 0.3) is 0 Å². The first kappa shape index (κ1) is 12.1. The van der Waals surface area contributed by atoms with Crippen LogP contribution in [0.3, 0.4) is 0 Å². The predicted molar refractivity (Wildman–Crippen MR) is 70.3 cm³/mol. The number of nitrogens with one attached hydrogen (secondary N) is 1. The Balaban J connectivity index is 1.97. The van der Waals surface area contributed by atoms with Crippen molar-refractivity contribution >= 4 is 22.6 Å². The van der Waals surface area contributed by atoms with Crippen LogP contribution in [-0.2, 0) is 6.42 Å². The maximum atomic E-state index is 13.5. The zero-order valence-corrected chi connectivity index (χ0v) is 10.5. The van der Waals surface area contributed by atoms with Crippen LogP contribution < -0.4 is 0 Å². The van der Waals surface area contributed by atoms with Crippen molar-refractivity contribution < 1.29 is 8.78 Å². The highest BCUT2D eigenvalue weighted by atomic mass is 35.5. The number of halogens is 3. The van der Waals surface area contributed by atoms with Crippen LogP contribution in [0.4, 0.5) is 8.78 Å². The topological polar surface area (TPSA) is 28.7 Å². The van der Waals surface area contributed by atoms with Crippen LogP contribution in [0.2, 0.25) is 5.02 Å². The van der Waals surface area contributed by atoms with Gasteiger partial charge in [-0.3, -0.25) is 0 Å². The zero-order valence-electron chi connectivity index (χ0n) is 9.75. The average molecular weight is 279 g/mol. The Morgan fingerprint density at radius 1 is 1.11 bits per heavy atom. The molecular weight excluding hydrogens is 270 g/mol. The summed E-state index contributed by atoms with van der Waals surface area (Å²) in [5, 5.41) is 0.654. The Hall–Kier alpha value is -1.94. The van der Waals surface area contributed by atoms with Crippen molar-refractivity contribution in [2.75, 3.05) is 0 Å². The molecule has 0 unspecified atom stereocenters. The van der Waals surface area contributed by atoms with Gasteiger partial charge in [0, 0.05) is 17.5 Å². The highest BCUT2D eigenvalue weighted by Crippen LogP contribution is 2.19. The smallest absolute Gasteiger partial charge is 0.153 e. The normalized spacial score (nSPS) is 11.1. The van der Waals surface area contributed by atoms with Gasteiger partial charge in [0.2, 0.25) is 0 Å². The summed E-state index contributed by atoms with van der Waals surface area (Å²) in [4.78, 5) is 7.06. The Bertz CT molecular complexity index is 735. The van der Waals surface area contributed by atoms with Crippen LogP contribution in [0.25, 0.3) is 11.0 Å². The molecule has 0 aliphatic carbocycles. The number of imidazole rings is 1. The molecule has 1 N–H and O–H groups in total. The lowest BCUT2D eigenvalue weighted by Crippen LogP contribution is -1.90. The molecule has 3 rings (SSSR count). The van der Waals surface area contributed by atoms with E-state index < -0.39 is 11.6 Å². The molecule has 0 amide bonds. The summed E-state index contributed by atoms with van der Waals surface area (Å²) in [7, 11) is 0. The minimum atomic E-state index is -0.659. The summed E-state index contributed by atoms with van der Waals surface area (Å²) in [5.41, 5.74) is 1.51. The zero-order chi connectivity index (χ0) is 13.4. The van der Waals surface area contributed by atoms with E-state index >= 15 is 0 Å². The molecule has 0 aliphatic rings. The average Bonchev–Trinajstić information content (AvgIpc) is 2.75. The molecule has 0 bridgehead atoms. The van der Waals surface area contributed by atoms with Crippen LogP contribution >= 0.6 is 11.6 Å². The third-order valence-corrected chi connectivity index (χ3v) is 3.09. The number of rotatable bonds is 2. The highest BCUT2D eigenvalue weighted by molar-refractivity contribution is 6.30. The molecule has 0 aliphatic heterocycles. The minimum Gasteiger partial charge on any atom is -0.342 e. The van der Waals surface area contributed by atoms with E-state index in [0.29, 0.717) is 22.8 Å². The van der Waals surface area contributed by atoms with Gasteiger partial charge in [0.15, 0.2) is 5.82 Å². The molecule has 3 aromatic rings. The fourth-order valence-corrected chi connectivity index (χ4v) is 2.10. The van der Waals surface area contributed by atoms with Gasteiger partial charge in [-0.25, -0.2) is 13.8 Å². The number of H-pyrrole nitrogens is 1. The van der Waals surface area contributed by atoms with E-state index in [1.807, 2.05) is 12.1 Å². The van der Waals surface area contributed by atoms with Crippen molar-refractivity contribution in [3.05, 3.63) is 64.4 Å². The summed E-state index contributed by atoms with van der Waals surface area (Å²) in [5.74, 6) is -0.692. The number of fused-ring (bicyclic) bond motifs is 1. The van der Waals surface area contributed by atoms with Crippen LogP contribution in [0.15, 0.2) is 36.4 Å². The standard InChI is InChI=1S/C14H9ClF2N2/c15-9-3-1-8(2-4-9)5-13-18-12-7-10(16)6-11(17)14(12)19-13/h1-4,6-7H,5H2,(H,18,19). The second-order valence-corrected chi connectivity index (χ2v) is 4.71. The van der Waals surface area contributed by atoms with Crippen LogP contribution in [0.1, 0.15) is 11.4 Å². The lowest BCUT2D eigenvalue weighted by atomic mass is 10.1. The van der Waals surface area contributed by atoms with E-state index in [4.69, 9.17) is 11.6 Å². The van der Waals surface area contributed by atoms with Crippen molar-refractivity contribution in [1.29, 1.82) is 0 Å². The molecule has 0 spiro atoms. The minimum absolute atomic E-state index is 0.158. The third kappa shape index (κ3) is 2.44. The van der Waals surface area contributed by atoms with Gasteiger partial charge < -0.3 is 4.98 Å². The number of nitrogens with zero attached hydrogens (tertiary/aromatic N) is 1. The van der Waals surface area contributed by atoms with Crippen molar-refractivity contribution in [2.24, 2.45) is 0 Å². The van der Waals surface area contributed by atoms with E-state index in [0.717, 1.165) is 11.6 Å². The molecular formula is C14H9ClF2N2. The second kappa shape index (κ2) is 4.63. The van der Waals surface area contributed by atoms with Gasteiger partial charge in [0.05, 0.1) is 5.52 Å². The molecule has 19 heavy (non-hydrogen) atoms. The fraction of sp³-hybridized carbons (Fsp3) is 0.0714. The lowest BCUT2D eigenvalue weighted by Gasteiger charge is -1.97. The number of hydrogen-bond acceptors (Lipinski definition) is 1. The van der Waals surface area contributed by atoms with Gasteiger partial charge in [-0.2, -0.15) is 0 Å². The van der Waals surface area contributed by atoms with E-state index in [1.165, 1.54) is 6.07 Å². The van der Waals surface area contributed by atoms with Gasteiger partial charge in [-0.05, 0) is 23.8 Å². The largest absolute Gasteiger partial charge is 0.342 e. The Morgan fingerprint density at radius 3 is 2.58 bits per heavy atom. The summed E-state index contributed by atoms with van der Waals surface area (Å²) >= 11 is 5.80. The molecule has 1 aromatic heterocycles. The molecule has 0 saturated heterocycles. The number of hydrogen-bond donors (Lipinski definition) is 1. The van der Waals surface area contributed by atoms with Gasteiger partial charge in [-0.15, -0.1) is 0 Å². The van der Waals surface area contributed by atoms with E-state index in [1.54, 1.807) is 12.1 Å². The Kier molecular flexibility index (Phi) is 2.95. The van der Waals surface area contributed by atoms with Crippen LogP contribution in [-0.4, -0.2) is 9.97 Å². The third-order valence-electron chi connectivity index (χ3n) is 2.84. The van der Waals surface area contributed by atoms with E-state index in [9.17, 15) is 8.78 Å². The summed E-state index contributed by atoms with van der Waals surface area (Å²) in [6.07, 6.45) is 0.507. The molecule has 0 atom stereocenters. The Morgan fingerprint density at radius 2 is 1.84 bits per heavy atom. The highest BCUT2D eigenvalue weighted by Gasteiger charge is 2.10. The molecule has 2 nitrogen and oxygen atoms in total. The summed E-state index contributed by atoms with van der Waals surface area (Å²) in [6.45, 7) is 0. The SMILES string of the molecule is Fc1cc(F)c2nc(Cc3ccc(Cl)cc3)[nH]c2c1. The number of benzene rings is 2. The van der Waals surface area contributed by atoms with Gasteiger partial charge in [-0.1, -0.05) is 23.7 Å². The molecule has 1 heterocycles. The van der Waals surface area contributed by atoms with Crippen molar-refractivity contribution in [3.8, 4) is 0 Å². The molecule has 2 aromatic carbocycles. The molecule has 96 valence electrons. The number of aromatic nitrogens is 2. The second-order valence-electron chi connectivity index (χ2n) is 4.27. The van der Waals surface area contributed by atoms with Gasteiger partial charge in [0.1, 0.15) is 17.2 Å². The van der Waals surface area contributed by atoms with E-state index in [-0.39, 0.29) is 5.52 Å². The predicted octanol–water partition coefficient (Wildman–Crippen LogP) is 4.09. The quantitative estimate of drug-likeness (QED) is 0.751. The van der Waals surface area contributed by atoms with E-state index in [2.05, 4.69) is 9.97 Å². The summed E-state index contributed by atoms with van der Waals surface area (Å²) < 4.78 is 26.6. The maximum Gasteiger partial charge on any atom is 0.153 e. The Labute approximate surface area is 113 Å². The fourth-order valence-electron chi connectivity index (χ4n) is 1.97. The van der Waals surface area contributed by atoms with Crippen LogP contribution in [0, 0.1) is 11.6 Å². The first-order valence-electron chi connectivity index (χ1n) is 5.70. The summed E-state index contributed by atoms with van der Waals surface area (Å²) in [6, 6.07) is 9.35. The van der Waals surface area contributed by atoms with Crippen molar-refractivity contribution in [1.82, 2.24) is 9.97 Å². The molecule has 0 radical (unpaired) electrons. The maximum absolute atomic E-state index is 13.5. The first-order valence-corrected chi connectivity index (χ1v) is 6.08. The van der Waals surface area contributed by atoms with Gasteiger partial charge >= 0.3 is 0 Å². The number of aromatic amines is 1. The monoisotopic (exact) mass is 278 g/mol. The molecule has 5 heteroatoms. The van der Waals surface area contributed by atoms with Crippen molar-refractivity contribution in [2.45, 2.75) is 6.42 Å². The molecule has 0 fully saturated rings. The lowest BCUT2D eigenvalue weighted by molar-refractivity contribution is 0.590. The van der Waals surface area contributed by atoms with Crippen LogP contribution in [0.5, 0.6) is 0 Å².